The summed E-state index contributed by atoms with van der Waals surface area (Å²) in [7, 11) is 0. The number of rotatable bonds is 24. The van der Waals surface area contributed by atoms with E-state index in [4.69, 9.17) is 33.5 Å². The molecule has 0 aromatic heterocycles. The van der Waals surface area contributed by atoms with E-state index in [1.807, 2.05) is 85.8 Å². The molecule has 25 atom stereocenters. The third-order valence-electron chi connectivity index (χ3n) is 17.4. The number of hydrogen-bond donors (Lipinski definition) is 14. The minimum atomic E-state index is -2.00. The molecule has 27 heteroatoms. The van der Waals surface area contributed by atoms with Crippen molar-refractivity contribution < 1.29 is 113 Å². The van der Waals surface area contributed by atoms with Crippen molar-refractivity contribution in [3.63, 3.8) is 0 Å². The van der Waals surface area contributed by atoms with Crippen LogP contribution in [-0.2, 0) is 54.8 Å². The van der Waals surface area contributed by atoms with E-state index >= 15 is 0 Å². The fourth-order valence-electron chi connectivity index (χ4n) is 11.8. The van der Waals surface area contributed by atoms with Crippen molar-refractivity contribution in [1.82, 2.24) is 0 Å². The van der Waals surface area contributed by atoms with Crippen molar-refractivity contribution >= 4 is 92.4 Å². The first-order valence-electron chi connectivity index (χ1n) is 31.4. The maximum atomic E-state index is 10.7. The van der Waals surface area contributed by atoms with E-state index in [0.29, 0.717) is 48.4 Å². The summed E-state index contributed by atoms with van der Waals surface area (Å²) in [6.45, 7) is 11.9. The van der Waals surface area contributed by atoms with E-state index in [-0.39, 0.29) is 43.7 Å². The topological polar surface area (TPSA) is 339 Å². The molecule has 5 aliphatic rings. The minimum absolute atomic E-state index is 0. The van der Waals surface area contributed by atoms with Crippen LogP contribution in [0.4, 0.5) is 0 Å². The van der Waals surface area contributed by atoms with Gasteiger partial charge in [-0.3, -0.25) is 0 Å². The summed E-state index contributed by atoms with van der Waals surface area (Å²) in [6.07, 6.45) is -14.8. The zero-order chi connectivity index (χ0) is 67.4. The Kier molecular flexibility index (Phi) is 42.2. The van der Waals surface area contributed by atoms with Crippen LogP contribution in [0.15, 0.2) is 121 Å². The number of aliphatic hydroxyl groups is 14. The Balaban J connectivity index is 0.000000272. The van der Waals surface area contributed by atoms with Crippen LogP contribution >= 0.6 is 49.6 Å². The number of hydrogen-bond acceptors (Lipinski definition) is 20. The van der Waals surface area contributed by atoms with Gasteiger partial charge in [-0.25, -0.2) is 0 Å². The zero-order valence-corrected chi connectivity index (χ0v) is 66.0. The molecule has 4 aromatic rings. The van der Waals surface area contributed by atoms with Gasteiger partial charge in [-0.2, -0.15) is 0 Å². The summed E-state index contributed by atoms with van der Waals surface area (Å²) in [5.74, 6) is 1.21. The van der Waals surface area contributed by atoms with E-state index in [2.05, 4.69) is 107 Å². The van der Waals surface area contributed by atoms with Gasteiger partial charge in [0.15, 0.2) is 6.29 Å². The molecule has 0 radical (unpaired) electrons. The predicted molar refractivity (Wildman–Crippen MR) is 376 cm³/mol. The van der Waals surface area contributed by atoms with E-state index < -0.39 is 137 Å². The van der Waals surface area contributed by atoms with Gasteiger partial charge in [0.2, 0.25) is 0 Å². The van der Waals surface area contributed by atoms with Crippen molar-refractivity contribution in [3.8, 4) is 0 Å². The standard InChI is InChI=1S/C27H38O6Se.C14H20O5.C14H20OSe.C11H24O8Se.ClH.I3/c1-3-23-18(2)21(31-14-19-10-6-4-7-11-19)16-34(23)17-22-24(28)25(29)26(30)27(33-22)32-15-20-12-8-5-9-13-20;1-2-10-11(15)12(16)13(17)14(19-10)18-8-9-6-4-3-5-7-9;1-3-14-11(2)13(10-16-14)15-9-12-7-5-4-6-8-12;12-1-5(14)10(18)11(19)7(16)4-20-3-6(15)9(17)8(20)2-13;;1-3-2/h4-13,18,21-30,34H,3,14-17H2,1-2H3;3-7,10-17H,2,8H2,1H3;4-8,11,13-14H,3,9-10H2,1-2H3;5-20H,1-4H2;1H;/q;;;;;-1/t18-,21+,22+,23+,24+,25-,26-,27-;10-,11-,12+,13+,14+;11-,13+,14+;5-,6-,7-,8-,9+,10-,11-;;/m0101../s1. The fourth-order valence-corrected chi connectivity index (χ4v) is 29.1. The first-order chi connectivity index (χ1) is 44.2. The first-order valence-corrected chi connectivity index (χ1v) is 53.7. The summed E-state index contributed by atoms with van der Waals surface area (Å²) in [5, 5.41) is 140. The fraction of sp³-hybridized carbons (Fsp3) is 0.636. The Morgan fingerprint density at radius 3 is 1.33 bits per heavy atom. The predicted octanol–water partition coefficient (Wildman–Crippen LogP) is 2.16. The van der Waals surface area contributed by atoms with Crippen LogP contribution in [0.2, 0.25) is 41.0 Å². The third kappa shape index (κ3) is 26.8. The molecule has 534 valence electrons. The Morgan fingerprint density at radius 1 is 0.505 bits per heavy atom. The zero-order valence-electron chi connectivity index (χ0n) is 53.3. The van der Waals surface area contributed by atoms with Gasteiger partial charge in [-0.05, 0) is 12.0 Å². The number of ether oxygens (including phenoxy) is 6. The van der Waals surface area contributed by atoms with Crippen LogP contribution < -0.4 is 13.3 Å². The van der Waals surface area contributed by atoms with E-state index in [9.17, 15) is 66.4 Å². The molecule has 14 N–H and O–H groups in total. The second-order valence-electron chi connectivity index (χ2n) is 23.7. The Hall–Kier alpha value is 0.118. The van der Waals surface area contributed by atoms with Crippen molar-refractivity contribution in [2.45, 2.75) is 232 Å². The number of halogens is 4. The van der Waals surface area contributed by atoms with Crippen molar-refractivity contribution in [1.29, 1.82) is 0 Å². The van der Waals surface area contributed by atoms with E-state index in [1.54, 1.807) is 0 Å². The van der Waals surface area contributed by atoms with Crippen LogP contribution in [0.3, 0.4) is 0 Å². The van der Waals surface area contributed by atoms with Gasteiger partial charge < -0.3 is 24.8 Å². The molecule has 0 saturated carbocycles. The van der Waals surface area contributed by atoms with Crippen molar-refractivity contribution in [3.05, 3.63) is 144 Å². The molecule has 0 aliphatic carbocycles. The Morgan fingerprint density at radius 2 is 0.925 bits per heavy atom. The molecule has 93 heavy (non-hydrogen) atoms. The molecule has 20 nitrogen and oxygen atoms in total. The Bertz CT molecular complexity index is 2550. The van der Waals surface area contributed by atoms with Crippen LogP contribution in [0, 0.1) is 11.8 Å². The molecule has 0 spiro atoms. The van der Waals surface area contributed by atoms with Gasteiger partial charge in [0, 0.05) is 0 Å². The second-order valence-corrected chi connectivity index (χ2v) is 53.4. The molecule has 0 amide bonds. The van der Waals surface area contributed by atoms with Crippen molar-refractivity contribution in [2.75, 3.05) is 13.2 Å². The first kappa shape index (κ1) is 85.5. The molecular weight excluding hydrogens is 1770 g/mol. The average Bonchev–Trinajstić information content (AvgIpc) is 1.84. The molecule has 5 saturated heterocycles. The third-order valence-corrected chi connectivity index (χ3v) is 34.7. The van der Waals surface area contributed by atoms with Crippen LogP contribution in [0.1, 0.15) is 76.1 Å². The summed E-state index contributed by atoms with van der Waals surface area (Å²) in [5.41, 5.74) is 4.38. The average molecular weight is 1870 g/mol. The van der Waals surface area contributed by atoms with E-state index in [0.717, 1.165) is 60.5 Å². The molecule has 9 rings (SSSR count). The number of aliphatic hydroxyl groups excluding tert-OH is 14. The normalized spacial score (nSPS) is 34.3. The Labute approximate surface area is 599 Å². The van der Waals surface area contributed by atoms with Gasteiger partial charge in [0.1, 0.15) is 18.3 Å². The summed E-state index contributed by atoms with van der Waals surface area (Å²) >= 11 is 2.66. The van der Waals surface area contributed by atoms with Gasteiger partial charge in [-0.15, -0.1) is 12.4 Å². The van der Waals surface area contributed by atoms with E-state index in [1.165, 1.54) is 22.9 Å². The summed E-state index contributed by atoms with van der Waals surface area (Å²) in [6, 6.07) is 39.9. The monoisotopic (exact) mass is 1870 g/mol. The molecule has 4 aromatic carbocycles. The molecule has 5 fully saturated rings. The van der Waals surface area contributed by atoms with Crippen molar-refractivity contribution in [2.24, 2.45) is 11.8 Å². The second kappa shape index (κ2) is 45.9. The molecule has 5 aliphatic heterocycles. The van der Waals surface area contributed by atoms with Gasteiger partial charge in [-0.1, -0.05) is 37.3 Å². The summed E-state index contributed by atoms with van der Waals surface area (Å²) in [4.78, 5) is 1.05. The van der Waals surface area contributed by atoms with Gasteiger partial charge in [0.25, 0.3) is 0 Å². The summed E-state index contributed by atoms with van der Waals surface area (Å²) < 4.78 is 35.3. The quantitative estimate of drug-likeness (QED) is 0.0353. The maximum absolute atomic E-state index is 10.7. The SMILES string of the molecule is CC[C@@H]1[C@@H](C)[C@H](OCc2ccccc2)C[SeH]1C[C@H]1O[C@H](OCc2ccccc2)[C@@H](O)[C@@H](O)[C@@H]1O.CC[C@H]1O[C@H](OCc2ccccc2)[C@@H](O)[C@@H](O)[C@@H]1O.CC[C@H]1[Se]C[C@@H](OCc2ccccc2)[C@@H]1C.Cl.I[I-]I.OC[C@@H](O)[C@@H](O)[C@H](O)[C@H](O)C[SeH]1C[C@@H](O)[C@H](O)[C@H]1CO. The molecule has 2 unspecified atom stereocenters. The molecule has 0 bridgehead atoms. The van der Waals surface area contributed by atoms with Crippen LogP contribution in [-0.4, -0.2) is 238 Å². The van der Waals surface area contributed by atoms with Crippen LogP contribution in [0.25, 0.3) is 0 Å². The van der Waals surface area contributed by atoms with Crippen LogP contribution in [0.5, 0.6) is 0 Å². The van der Waals surface area contributed by atoms with Gasteiger partial charge in [0.05, 0.1) is 12.7 Å². The molecular formula is C66H103ClI3O20Se3-. The number of benzene rings is 4. The van der Waals surface area contributed by atoms with Gasteiger partial charge >= 0.3 is 482 Å². The molecule has 5 heterocycles.